The first-order valence-corrected chi connectivity index (χ1v) is 4.31. The average Bonchev–Trinajstić information content (AvgIpc) is 2.01. The van der Waals surface area contributed by atoms with E-state index in [1.807, 2.05) is 0 Å². The van der Waals surface area contributed by atoms with Crippen LogP contribution in [0.1, 0.15) is 0 Å². The first-order valence-electron chi connectivity index (χ1n) is 2.91. The zero-order chi connectivity index (χ0) is 11.8. The van der Waals surface area contributed by atoms with Crippen molar-refractivity contribution in [2.75, 3.05) is 0 Å². The summed E-state index contributed by atoms with van der Waals surface area (Å²) in [7, 11) is -4.67. The van der Waals surface area contributed by atoms with E-state index in [-0.39, 0.29) is 0 Å². The van der Waals surface area contributed by atoms with Crippen LogP contribution in [0.15, 0.2) is 25.3 Å². The first-order chi connectivity index (χ1) is 6.20. The summed E-state index contributed by atoms with van der Waals surface area (Å²) in [6.45, 7) is 6.17. The Morgan fingerprint density at radius 3 is 1.43 bits per heavy atom. The van der Waals surface area contributed by atoms with E-state index < -0.39 is 22.3 Å². The molecule has 7 nitrogen and oxygen atoms in total. The number of ether oxygens (including phenoxy) is 1. The van der Waals surface area contributed by atoms with Crippen molar-refractivity contribution in [2.45, 2.75) is 0 Å². The first kappa shape index (κ1) is 15.0. The number of hydrogen-bond acceptors (Lipinski definition) is 5. The molecule has 0 heterocycles. The third-order valence-corrected chi connectivity index (χ3v) is 0.535. The summed E-state index contributed by atoms with van der Waals surface area (Å²) >= 11 is 0. The molecular formula is C6H8O7S. The molecule has 0 aliphatic heterocycles. The van der Waals surface area contributed by atoms with Gasteiger partial charge in [0.2, 0.25) is 0 Å². The Hall–Kier alpha value is -1.51. The summed E-state index contributed by atoms with van der Waals surface area (Å²) in [6.07, 6.45) is 1.81. The Labute approximate surface area is 80.3 Å². The van der Waals surface area contributed by atoms with Crippen LogP contribution in [-0.4, -0.2) is 29.5 Å². The van der Waals surface area contributed by atoms with Gasteiger partial charge in [0, 0.05) is 12.2 Å². The van der Waals surface area contributed by atoms with Crippen LogP contribution in [0, 0.1) is 0 Å². The van der Waals surface area contributed by atoms with Crippen LogP contribution in [0.25, 0.3) is 0 Å². The van der Waals surface area contributed by atoms with Crippen molar-refractivity contribution in [3.8, 4) is 0 Å². The summed E-state index contributed by atoms with van der Waals surface area (Å²) in [5, 5.41) is 0. The SMILES string of the molecule is C=CC(=O)OC(=O)C=C.O=S(=O)(O)O. The third kappa shape index (κ3) is 22.4. The van der Waals surface area contributed by atoms with E-state index in [0.29, 0.717) is 0 Å². The second-order valence-corrected chi connectivity index (χ2v) is 2.49. The molecule has 0 aromatic rings. The molecule has 0 aromatic heterocycles. The fourth-order valence-electron chi connectivity index (χ4n) is 0.182. The van der Waals surface area contributed by atoms with Gasteiger partial charge in [-0.2, -0.15) is 8.42 Å². The van der Waals surface area contributed by atoms with Crippen LogP contribution in [-0.2, 0) is 24.7 Å². The van der Waals surface area contributed by atoms with Gasteiger partial charge in [0.1, 0.15) is 0 Å². The molecule has 14 heavy (non-hydrogen) atoms. The largest absolute Gasteiger partial charge is 0.394 e. The number of carbonyl (C=O) groups is 2. The summed E-state index contributed by atoms with van der Waals surface area (Å²) < 4.78 is 35.6. The van der Waals surface area contributed by atoms with Gasteiger partial charge in [-0.1, -0.05) is 13.2 Å². The second kappa shape index (κ2) is 6.95. The van der Waals surface area contributed by atoms with Gasteiger partial charge in [-0.15, -0.1) is 0 Å². The quantitative estimate of drug-likeness (QED) is 0.288. The second-order valence-electron chi connectivity index (χ2n) is 1.60. The summed E-state index contributed by atoms with van der Waals surface area (Å²) in [5.74, 6) is -1.53. The molecule has 8 heteroatoms. The van der Waals surface area contributed by atoms with Crippen molar-refractivity contribution >= 4 is 22.3 Å². The number of esters is 2. The van der Waals surface area contributed by atoms with Gasteiger partial charge in [-0.3, -0.25) is 9.11 Å². The monoisotopic (exact) mass is 224 g/mol. The Bertz CT molecular complexity index is 300. The highest BCUT2D eigenvalue weighted by molar-refractivity contribution is 7.79. The molecule has 0 spiro atoms. The molecule has 0 fully saturated rings. The average molecular weight is 224 g/mol. The van der Waals surface area contributed by atoms with Crippen LogP contribution in [0.2, 0.25) is 0 Å². The number of hydrogen-bond donors (Lipinski definition) is 2. The van der Waals surface area contributed by atoms with Gasteiger partial charge >= 0.3 is 22.3 Å². The predicted octanol–water partition coefficient (Wildman–Crippen LogP) is -0.225. The lowest BCUT2D eigenvalue weighted by Gasteiger charge is -1.90. The fraction of sp³-hybridized carbons (Fsp3) is 0. The highest BCUT2D eigenvalue weighted by Crippen LogP contribution is 1.80. The lowest BCUT2D eigenvalue weighted by molar-refractivity contribution is -0.152. The van der Waals surface area contributed by atoms with Crippen LogP contribution in [0.4, 0.5) is 0 Å². The highest BCUT2D eigenvalue weighted by atomic mass is 32.3. The van der Waals surface area contributed by atoms with Gasteiger partial charge in [-0.25, -0.2) is 9.59 Å². The Balaban J connectivity index is 0. The third-order valence-electron chi connectivity index (χ3n) is 0.535. The minimum absolute atomic E-state index is 0.764. The lowest BCUT2D eigenvalue weighted by atomic mass is 10.6. The minimum atomic E-state index is -4.67. The predicted molar refractivity (Wildman–Crippen MR) is 45.7 cm³/mol. The summed E-state index contributed by atoms with van der Waals surface area (Å²) in [6, 6.07) is 0. The molecule has 0 atom stereocenters. The zero-order valence-electron chi connectivity index (χ0n) is 6.91. The molecule has 0 saturated heterocycles. The zero-order valence-corrected chi connectivity index (χ0v) is 7.73. The van der Waals surface area contributed by atoms with Crippen LogP contribution in [0.5, 0.6) is 0 Å². The van der Waals surface area contributed by atoms with Crippen LogP contribution >= 0.6 is 0 Å². The molecule has 0 aliphatic rings. The van der Waals surface area contributed by atoms with Crippen LogP contribution < -0.4 is 0 Å². The highest BCUT2D eigenvalue weighted by Gasteiger charge is 1.99. The van der Waals surface area contributed by atoms with Crippen molar-refractivity contribution < 1.29 is 31.8 Å². The molecule has 80 valence electrons. The molecule has 0 radical (unpaired) electrons. The van der Waals surface area contributed by atoms with E-state index in [2.05, 4.69) is 17.9 Å². The number of rotatable bonds is 2. The van der Waals surface area contributed by atoms with Gasteiger partial charge in [0.25, 0.3) is 0 Å². The topological polar surface area (TPSA) is 118 Å². The fourth-order valence-corrected chi connectivity index (χ4v) is 0.182. The van der Waals surface area contributed by atoms with Crippen LogP contribution in [0.3, 0.4) is 0 Å². The Morgan fingerprint density at radius 1 is 1.07 bits per heavy atom. The maximum atomic E-state index is 10.2. The van der Waals surface area contributed by atoms with E-state index >= 15 is 0 Å². The molecule has 0 saturated carbocycles. The van der Waals surface area contributed by atoms with Crippen molar-refractivity contribution in [1.82, 2.24) is 0 Å². The standard InChI is InChI=1S/C6H6O3.H2O4S/c1-3-5(7)9-6(8)4-2;1-5(2,3)4/h3-4H,1-2H2;(H2,1,2,3,4). The van der Waals surface area contributed by atoms with Gasteiger partial charge in [0.15, 0.2) is 0 Å². The minimum Gasteiger partial charge on any atom is -0.387 e. The van der Waals surface area contributed by atoms with Gasteiger partial charge in [-0.05, 0) is 0 Å². The van der Waals surface area contributed by atoms with Crippen molar-refractivity contribution in [2.24, 2.45) is 0 Å². The van der Waals surface area contributed by atoms with E-state index in [9.17, 15) is 9.59 Å². The van der Waals surface area contributed by atoms with E-state index in [0.717, 1.165) is 12.2 Å². The van der Waals surface area contributed by atoms with Crippen molar-refractivity contribution in [3.63, 3.8) is 0 Å². The molecule has 2 N–H and O–H groups in total. The normalized spacial score (nSPS) is 9.00. The maximum Gasteiger partial charge on any atom is 0.394 e. The summed E-state index contributed by atoms with van der Waals surface area (Å²) in [5.41, 5.74) is 0. The molecule has 0 aromatic carbocycles. The Kier molecular flexibility index (Phi) is 7.44. The van der Waals surface area contributed by atoms with Gasteiger partial charge < -0.3 is 4.74 Å². The number of carbonyl (C=O) groups excluding carboxylic acids is 2. The molecule has 0 unspecified atom stereocenters. The summed E-state index contributed by atoms with van der Waals surface area (Å²) in [4.78, 5) is 20.3. The van der Waals surface area contributed by atoms with Gasteiger partial charge in [0.05, 0.1) is 0 Å². The molecular weight excluding hydrogens is 216 g/mol. The molecule has 0 aliphatic carbocycles. The maximum absolute atomic E-state index is 10.2. The Morgan fingerprint density at radius 2 is 1.29 bits per heavy atom. The van der Waals surface area contributed by atoms with Crippen molar-refractivity contribution in [1.29, 1.82) is 0 Å². The van der Waals surface area contributed by atoms with Crippen molar-refractivity contribution in [3.05, 3.63) is 25.3 Å². The van der Waals surface area contributed by atoms with E-state index in [1.165, 1.54) is 0 Å². The van der Waals surface area contributed by atoms with E-state index in [1.54, 1.807) is 0 Å². The lowest BCUT2D eigenvalue weighted by Crippen LogP contribution is -2.05. The van der Waals surface area contributed by atoms with E-state index in [4.69, 9.17) is 17.5 Å². The molecule has 0 rings (SSSR count). The molecule has 0 amide bonds. The smallest absolute Gasteiger partial charge is 0.387 e. The molecule has 0 bridgehead atoms.